The van der Waals surface area contributed by atoms with Gasteiger partial charge in [-0.05, 0) is 58.4 Å². The van der Waals surface area contributed by atoms with Gasteiger partial charge >= 0.3 is 12.5 Å². The molecular weight excluding hydrogens is 501 g/mol. The zero-order chi connectivity index (χ0) is 27.5. The maximum atomic E-state index is 12.7. The average molecular weight is 533 g/mol. The van der Waals surface area contributed by atoms with Gasteiger partial charge in [-0.1, -0.05) is 18.2 Å². The maximum Gasteiger partial charge on any atom is 0.573 e. The van der Waals surface area contributed by atoms with E-state index in [0.29, 0.717) is 12.4 Å². The number of hydrogen-bond acceptors (Lipinski definition) is 8. The predicted octanol–water partition coefficient (Wildman–Crippen LogP) is 5.45. The van der Waals surface area contributed by atoms with Crippen LogP contribution in [0.25, 0.3) is 0 Å². The van der Waals surface area contributed by atoms with Gasteiger partial charge in [-0.2, -0.15) is 10.2 Å². The van der Waals surface area contributed by atoms with Crippen LogP contribution in [0.2, 0.25) is 0 Å². The molecule has 1 aromatic heterocycles. The van der Waals surface area contributed by atoms with E-state index in [0.717, 1.165) is 25.7 Å². The summed E-state index contributed by atoms with van der Waals surface area (Å²) in [5.74, 6) is 0.460. The quantitative estimate of drug-likeness (QED) is 0.484. The number of aromatic nitrogens is 2. The number of nitrogens with one attached hydrogen (secondary N) is 2. The van der Waals surface area contributed by atoms with Gasteiger partial charge in [-0.15, -0.1) is 13.2 Å². The second-order valence-electron chi connectivity index (χ2n) is 10.6. The van der Waals surface area contributed by atoms with Gasteiger partial charge in [-0.25, -0.2) is 9.78 Å². The number of benzene rings is 1. The van der Waals surface area contributed by atoms with Crippen molar-refractivity contribution in [1.29, 1.82) is 5.26 Å². The second-order valence-corrected chi connectivity index (χ2v) is 10.6. The molecule has 38 heavy (non-hydrogen) atoms. The Balaban J connectivity index is 1.37. The van der Waals surface area contributed by atoms with Gasteiger partial charge < -0.3 is 25.0 Å². The molecule has 1 aromatic carbocycles. The van der Waals surface area contributed by atoms with E-state index < -0.39 is 12.0 Å². The molecule has 2 aliphatic heterocycles. The number of ether oxygens (including phenoxy) is 2. The van der Waals surface area contributed by atoms with E-state index in [-0.39, 0.29) is 53.5 Å². The molecule has 2 atom stereocenters. The van der Waals surface area contributed by atoms with Crippen molar-refractivity contribution >= 4 is 17.9 Å². The molecule has 0 spiro atoms. The second kappa shape index (κ2) is 10.9. The predicted molar refractivity (Wildman–Crippen MR) is 133 cm³/mol. The molecule has 204 valence electrons. The number of para-hydroxylation sites is 1. The summed E-state index contributed by atoms with van der Waals surface area (Å²) in [5, 5.41) is 15.7. The van der Waals surface area contributed by atoms with Gasteiger partial charge in [0, 0.05) is 30.7 Å². The van der Waals surface area contributed by atoms with E-state index in [2.05, 4.69) is 31.4 Å². The van der Waals surface area contributed by atoms with Crippen molar-refractivity contribution in [2.45, 2.75) is 77.0 Å². The summed E-state index contributed by atoms with van der Waals surface area (Å²) >= 11 is 0. The molecule has 4 rings (SSSR count). The number of fused-ring (bicyclic) bond motifs is 2. The highest BCUT2D eigenvalue weighted by Crippen LogP contribution is 2.39. The third kappa shape index (κ3) is 6.96. The van der Waals surface area contributed by atoms with Crippen LogP contribution >= 0.6 is 0 Å². The summed E-state index contributed by atoms with van der Waals surface area (Å²) in [6.07, 6.45) is -0.202. The lowest BCUT2D eigenvalue weighted by Gasteiger charge is -2.39. The summed E-state index contributed by atoms with van der Waals surface area (Å²) in [6, 6.07) is 8.10. The number of carbonyl (C=O) groups is 1. The van der Waals surface area contributed by atoms with Crippen molar-refractivity contribution in [3.8, 4) is 11.8 Å². The molecule has 2 aliphatic rings. The van der Waals surface area contributed by atoms with E-state index >= 15 is 0 Å². The Morgan fingerprint density at radius 1 is 1.16 bits per heavy atom. The third-order valence-electron chi connectivity index (χ3n) is 6.54. The highest BCUT2D eigenvalue weighted by atomic mass is 19.4. The van der Waals surface area contributed by atoms with Crippen LogP contribution in [0.3, 0.4) is 0 Å². The molecule has 12 heteroatoms. The van der Waals surface area contributed by atoms with Crippen LogP contribution in [0.5, 0.6) is 5.75 Å². The molecule has 2 aromatic rings. The number of anilines is 2. The minimum Gasteiger partial charge on any atom is -0.444 e. The fourth-order valence-corrected chi connectivity index (χ4v) is 5.04. The van der Waals surface area contributed by atoms with Crippen molar-refractivity contribution in [1.82, 2.24) is 14.9 Å². The van der Waals surface area contributed by atoms with Gasteiger partial charge in [0.25, 0.3) is 0 Å². The molecule has 0 radical (unpaired) electrons. The van der Waals surface area contributed by atoms with Crippen LogP contribution in [0, 0.1) is 17.2 Å². The Hall–Kier alpha value is -3.75. The Bertz CT molecular complexity index is 1180. The van der Waals surface area contributed by atoms with E-state index in [4.69, 9.17) is 4.74 Å². The highest BCUT2D eigenvalue weighted by Gasteiger charge is 2.44. The standard InChI is InChI=1S/C26H31F3N6O3/c1-25(2,3)38-24(36)35-19-8-9-20(35)11-16(10-19)13-31-22-18(12-30)15-33-23(34-22)32-14-17-6-4-5-7-21(17)37-26(27,28)29/h4-7,15-16,19-20H,8-11,13-14H2,1-3H3,(H2,31,32,33,34). The van der Waals surface area contributed by atoms with Crippen LogP contribution in [0.15, 0.2) is 30.5 Å². The molecule has 0 saturated carbocycles. The average Bonchev–Trinajstić information content (AvgIpc) is 3.10. The van der Waals surface area contributed by atoms with Crippen LogP contribution in [-0.4, -0.2) is 51.6 Å². The van der Waals surface area contributed by atoms with Crippen molar-refractivity contribution in [2.75, 3.05) is 17.2 Å². The third-order valence-corrected chi connectivity index (χ3v) is 6.54. The van der Waals surface area contributed by atoms with Crippen LogP contribution < -0.4 is 15.4 Å². The number of nitriles is 1. The van der Waals surface area contributed by atoms with E-state index in [1.165, 1.54) is 24.4 Å². The number of rotatable bonds is 7. The Labute approximate surface area is 219 Å². The van der Waals surface area contributed by atoms with Crippen LogP contribution in [0.1, 0.15) is 57.6 Å². The first-order valence-corrected chi connectivity index (χ1v) is 12.5. The number of halogens is 3. The largest absolute Gasteiger partial charge is 0.573 e. The Morgan fingerprint density at radius 3 is 2.47 bits per heavy atom. The zero-order valence-electron chi connectivity index (χ0n) is 21.5. The van der Waals surface area contributed by atoms with Crippen molar-refractivity contribution in [3.63, 3.8) is 0 Å². The molecule has 0 aliphatic carbocycles. The molecule has 9 nitrogen and oxygen atoms in total. The number of hydrogen-bond donors (Lipinski definition) is 2. The topological polar surface area (TPSA) is 112 Å². The number of piperidine rings is 1. The first-order valence-electron chi connectivity index (χ1n) is 12.5. The smallest absolute Gasteiger partial charge is 0.444 e. The summed E-state index contributed by atoms with van der Waals surface area (Å²) in [6.45, 7) is 6.12. The first kappa shape index (κ1) is 27.3. The van der Waals surface area contributed by atoms with Crippen LogP contribution in [-0.2, 0) is 11.3 Å². The molecule has 2 bridgehead atoms. The van der Waals surface area contributed by atoms with E-state index in [1.54, 1.807) is 6.07 Å². The zero-order valence-corrected chi connectivity index (χ0v) is 21.5. The lowest BCUT2D eigenvalue weighted by Crippen LogP contribution is -2.49. The first-order chi connectivity index (χ1) is 17.9. The molecule has 2 unspecified atom stereocenters. The summed E-state index contributed by atoms with van der Waals surface area (Å²) < 4.78 is 47.8. The number of alkyl halides is 3. The van der Waals surface area contributed by atoms with Crippen LogP contribution in [0.4, 0.5) is 29.7 Å². The van der Waals surface area contributed by atoms with Gasteiger partial charge in [-0.3, -0.25) is 0 Å². The fraction of sp³-hybridized carbons (Fsp3) is 0.538. The minimum absolute atomic E-state index is 0.00984. The number of amides is 1. The Morgan fingerprint density at radius 2 is 1.84 bits per heavy atom. The highest BCUT2D eigenvalue weighted by molar-refractivity contribution is 5.69. The molecule has 2 N–H and O–H groups in total. The summed E-state index contributed by atoms with van der Waals surface area (Å²) in [7, 11) is 0. The molecule has 2 fully saturated rings. The van der Waals surface area contributed by atoms with E-state index in [1.807, 2.05) is 25.7 Å². The number of nitrogens with zero attached hydrogens (tertiary/aromatic N) is 4. The minimum atomic E-state index is -4.80. The molecule has 1 amide bonds. The van der Waals surface area contributed by atoms with Crippen molar-refractivity contribution < 1.29 is 27.4 Å². The SMILES string of the molecule is CC(C)(C)OC(=O)N1C2CCC1CC(CNc1nc(NCc3ccccc3OC(F)(F)F)ncc1C#N)C2. The summed E-state index contributed by atoms with van der Waals surface area (Å²) in [4.78, 5) is 23.1. The maximum absolute atomic E-state index is 12.7. The summed E-state index contributed by atoms with van der Waals surface area (Å²) in [5.41, 5.74) is -0.0144. The molecule has 3 heterocycles. The monoisotopic (exact) mass is 532 g/mol. The van der Waals surface area contributed by atoms with Gasteiger partial charge in [0.1, 0.15) is 28.8 Å². The van der Waals surface area contributed by atoms with Crippen molar-refractivity contribution in [3.05, 3.63) is 41.6 Å². The van der Waals surface area contributed by atoms with Gasteiger partial charge in [0.15, 0.2) is 0 Å². The lowest BCUT2D eigenvalue weighted by molar-refractivity contribution is -0.274. The normalized spacial score (nSPS) is 21.0. The van der Waals surface area contributed by atoms with E-state index in [9.17, 15) is 23.2 Å². The van der Waals surface area contributed by atoms with Crippen molar-refractivity contribution in [2.24, 2.45) is 5.92 Å². The Kier molecular flexibility index (Phi) is 7.85. The molecule has 2 saturated heterocycles. The number of carbonyl (C=O) groups excluding carboxylic acids is 1. The fourth-order valence-electron chi connectivity index (χ4n) is 5.04. The van der Waals surface area contributed by atoms with Gasteiger partial charge in [0.2, 0.25) is 5.95 Å². The van der Waals surface area contributed by atoms with Gasteiger partial charge in [0.05, 0.1) is 6.20 Å². The lowest BCUT2D eigenvalue weighted by atomic mass is 9.91. The molecular formula is C26H31F3N6O3.